The molecule has 0 aliphatic heterocycles. The summed E-state index contributed by atoms with van der Waals surface area (Å²) in [6, 6.07) is 0.329. The largest absolute Gasteiger partial charge is 0.313 e. The van der Waals surface area contributed by atoms with Gasteiger partial charge >= 0.3 is 0 Å². The Balaban J connectivity index is 2.81. The van der Waals surface area contributed by atoms with E-state index in [9.17, 15) is 0 Å². The van der Waals surface area contributed by atoms with Crippen molar-refractivity contribution in [3.8, 4) is 0 Å². The predicted octanol–water partition coefficient (Wildman–Crippen LogP) is 1.07. The van der Waals surface area contributed by atoms with Crippen LogP contribution in [0.1, 0.15) is 24.4 Å². The van der Waals surface area contributed by atoms with Crippen molar-refractivity contribution < 1.29 is 0 Å². The van der Waals surface area contributed by atoms with E-state index in [0.29, 0.717) is 6.04 Å². The highest BCUT2D eigenvalue weighted by Gasteiger charge is 2.01. The van der Waals surface area contributed by atoms with Crippen LogP contribution in [0.25, 0.3) is 0 Å². The predicted molar refractivity (Wildman–Crippen MR) is 44.2 cm³/mol. The molecule has 11 heavy (non-hydrogen) atoms. The van der Waals surface area contributed by atoms with Gasteiger partial charge in [-0.15, -0.1) is 0 Å². The highest BCUT2D eigenvalue weighted by atomic mass is 14.9. The molecule has 60 valence electrons. The molecule has 1 aromatic rings. The molecule has 0 aliphatic carbocycles. The lowest BCUT2D eigenvalue weighted by Crippen LogP contribution is -2.12. The number of nitrogens with one attached hydrogen (secondary N) is 1. The second kappa shape index (κ2) is 3.44. The van der Waals surface area contributed by atoms with Crippen LogP contribution in [0.4, 0.5) is 0 Å². The molecule has 0 saturated carbocycles. The summed E-state index contributed by atoms with van der Waals surface area (Å²) < 4.78 is 0. The second-order valence-corrected chi connectivity index (χ2v) is 2.57. The van der Waals surface area contributed by atoms with Gasteiger partial charge in [-0.1, -0.05) is 0 Å². The van der Waals surface area contributed by atoms with Crippen LogP contribution in [0.15, 0.2) is 12.4 Å². The summed E-state index contributed by atoms with van der Waals surface area (Å²) in [5.41, 5.74) is 1.12. The van der Waals surface area contributed by atoms with Gasteiger partial charge in [-0.3, -0.25) is 0 Å². The van der Waals surface area contributed by atoms with Gasteiger partial charge in [0.2, 0.25) is 0 Å². The number of rotatable bonds is 2. The third kappa shape index (κ3) is 1.98. The standard InChI is InChI=1S/C8H13N3/c1-6(9-3)8-4-10-7(2)11-5-8/h4-6,9H,1-3H3/t6-/m1/s1. The molecule has 1 rings (SSSR count). The summed E-state index contributed by atoms with van der Waals surface area (Å²) in [5.74, 6) is 0.817. The van der Waals surface area contributed by atoms with Crippen LogP contribution in [0, 0.1) is 6.92 Å². The molecule has 0 aromatic carbocycles. The number of aromatic nitrogens is 2. The number of aryl methyl sites for hydroxylation is 1. The average Bonchev–Trinajstić information content (AvgIpc) is 2.05. The van der Waals surface area contributed by atoms with E-state index in [1.165, 1.54) is 0 Å². The maximum atomic E-state index is 4.10. The van der Waals surface area contributed by atoms with Crippen molar-refractivity contribution >= 4 is 0 Å². The Kier molecular flexibility index (Phi) is 2.54. The van der Waals surface area contributed by atoms with Gasteiger partial charge in [0.15, 0.2) is 0 Å². The molecule has 3 heteroatoms. The Morgan fingerprint density at radius 2 is 1.91 bits per heavy atom. The molecule has 0 spiro atoms. The number of hydrogen-bond acceptors (Lipinski definition) is 3. The first-order valence-electron chi connectivity index (χ1n) is 3.70. The monoisotopic (exact) mass is 151 g/mol. The zero-order valence-electron chi connectivity index (χ0n) is 7.13. The third-order valence-electron chi connectivity index (χ3n) is 1.73. The molecule has 0 aliphatic rings. The van der Waals surface area contributed by atoms with Crippen LogP contribution in [-0.4, -0.2) is 17.0 Å². The van der Waals surface area contributed by atoms with Crippen LogP contribution in [0.2, 0.25) is 0 Å². The van der Waals surface area contributed by atoms with E-state index in [4.69, 9.17) is 0 Å². The summed E-state index contributed by atoms with van der Waals surface area (Å²) in [4.78, 5) is 8.19. The zero-order valence-corrected chi connectivity index (χ0v) is 7.13. The van der Waals surface area contributed by atoms with Crippen LogP contribution in [-0.2, 0) is 0 Å². The number of hydrogen-bond donors (Lipinski definition) is 1. The molecule has 1 heterocycles. The third-order valence-corrected chi connectivity index (χ3v) is 1.73. The van der Waals surface area contributed by atoms with E-state index in [1.54, 1.807) is 0 Å². The molecule has 0 amide bonds. The summed E-state index contributed by atoms with van der Waals surface area (Å²) in [7, 11) is 1.92. The van der Waals surface area contributed by atoms with Crippen LogP contribution in [0.3, 0.4) is 0 Å². The molecule has 1 aromatic heterocycles. The topological polar surface area (TPSA) is 37.8 Å². The summed E-state index contributed by atoms with van der Waals surface area (Å²) in [5, 5.41) is 3.12. The van der Waals surface area contributed by atoms with Gasteiger partial charge < -0.3 is 5.32 Å². The Morgan fingerprint density at radius 3 is 2.36 bits per heavy atom. The highest BCUT2D eigenvalue weighted by molar-refractivity contribution is 5.09. The SMILES string of the molecule is CN[C@H](C)c1cnc(C)nc1. The lowest BCUT2D eigenvalue weighted by molar-refractivity contribution is 0.645. The van der Waals surface area contributed by atoms with Gasteiger partial charge in [0.1, 0.15) is 5.82 Å². The molecular weight excluding hydrogens is 138 g/mol. The lowest BCUT2D eigenvalue weighted by Gasteiger charge is -2.08. The fraction of sp³-hybridized carbons (Fsp3) is 0.500. The van der Waals surface area contributed by atoms with Crippen LogP contribution in [0.5, 0.6) is 0 Å². The van der Waals surface area contributed by atoms with Gasteiger partial charge in [0.05, 0.1) is 0 Å². The van der Waals surface area contributed by atoms with Crippen molar-refractivity contribution in [3.63, 3.8) is 0 Å². The van der Waals surface area contributed by atoms with Crippen molar-refractivity contribution in [1.29, 1.82) is 0 Å². The molecule has 0 saturated heterocycles. The molecule has 0 unspecified atom stereocenters. The minimum absolute atomic E-state index is 0.329. The Morgan fingerprint density at radius 1 is 1.36 bits per heavy atom. The smallest absolute Gasteiger partial charge is 0.125 e. The molecule has 0 fully saturated rings. The van der Waals surface area contributed by atoms with Crippen molar-refractivity contribution in [3.05, 3.63) is 23.8 Å². The van der Waals surface area contributed by atoms with Crippen LogP contribution < -0.4 is 5.32 Å². The molecule has 3 nitrogen and oxygen atoms in total. The molecular formula is C8H13N3. The van der Waals surface area contributed by atoms with E-state index >= 15 is 0 Å². The summed E-state index contributed by atoms with van der Waals surface area (Å²) in [6.45, 7) is 3.96. The summed E-state index contributed by atoms with van der Waals surface area (Å²) in [6.07, 6.45) is 3.70. The van der Waals surface area contributed by atoms with E-state index in [-0.39, 0.29) is 0 Å². The molecule has 1 atom stereocenters. The van der Waals surface area contributed by atoms with Crippen molar-refractivity contribution in [2.75, 3.05) is 7.05 Å². The Hall–Kier alpha value is -0.960. The van der Waals surface area contributed by atoms with E-state index < -0.39 is 0 Å². The van der Waals surface area contributed by atoms with Crippen LogP contribution >= 0.6 is 0 Å². The van der Waals surface area contributed by atoms with E-state index in [0.717, 1.165) is 11.4 Å². The van der Waals surface area contributed by atoms with E-state index in [2.05, 4.69) is 22.2 Å². The van der Waals surface area contributed by atoms with Gasteiger partial charge in [0.25, 0.3) is 0 Å². The van der Waals surface area contributed by atoms with Crippen molar-refractivity contribution in [2.24, 2.45) is 0 Å². The average molecular weight is 151 g/mol. The summed E-state index contributed by atoms with van der Waals surface area (Å²) >= 11 is 0. The fourth-order valence-corrected chi connectivity index (χ4v) is 0.793. The first-order valence-corrected chi connectivity index (χ1v) is 3.70. The van der Waals surface area contributed by atoms with E-state index in [1.807, 2.05) is 26.4 Å². The van der Waals surface area contributed by atoms with Gasteiger partial charge in [-0.2, -0.15) is 0 Å². The molecule has 1 N–H and O–H groups in total. The maximum Gasteiger partial charge on any atom is 0.125 e. The van der Waals surface area contributed by atoms with Crippen molar-refractivity contribution in [2.45, 2.75) is 19.9 Å². The Bertz CT molecular complexity index is 217. The molecule has 0 bridgehead atoms. The van der Waals surface area contributed by atoms with Gasteiger partial charge in [-0.25, -0.2) is 9.97 Å². The minimum Gasteiger partial charge on any atom is -0.313 e. The zero-order chi connectivity index (χ0) is 8.27. The van der Waals surface area contributed by atoms with Crippen molar-refractivity contribution in [1.82, 2.24) is 15.3 Å². The highest BCUT2D eigenvalue weighted by Crippen LogP contribution is 2.07. The lowest BCUT2D eigenvalue weighted by atomic mass is 10.2. The minimum atomic E-state index is 0.329. The fourth-order valence-electron chi connectivity index (χ4n) is 0.793. The van der Waals surface area contributed by atoms with Gasteiger partial charge in [0, 0.05) is 24.0 Å². The molecule has 0 radical (unpaired) electrons. The maximum absolute atomic E-state index is 4.10. The normalized spacial score (nSPS) is 13.0. The first-order chi connectivity index (χ1) is 5.24. The Labute approximate surface area is 66.9 Å². The quantitative estimate of drug-likeness (QED) is 0.687. The second-order valence-electron chi connectivity index (χ2n) is 2.57. The number of nitrogens with zero attached hydrogens (tertiary/aromatic N) is 2. The van der Waals surface area contributed by atoms with Gasteiger partial charge in [-0.05, 0) is 20.9 Å². The first kappa shape index (κ1) is 8.14.